The smallest absolute Gasteiger partial charge is 0.223 e. The summed E-state index contributed by atoms with van der Waals surface area (Å²) in [6, 6.07) is 11.8. The van der Waals surface area contributed by atoms with Crippen LogP contribution in [0.4, 0.5) is 0 Å². The highest BCUT2D eigenvalue weighted by Gasteiger charge is 2.23. The van der Waals surface area contributed by atoms with Crippen LogP contribution >= 0.6 is 0 Å². The Hall–Kier alpha value is -2.27. The van der Waals surface area contributed by atoms with Crippen LogP contribution in [-0.2, 0) is 16.0 Å². The normalized spacial score (nSPS) is 17.8. The summed E-state index contributed by atoms with van der Waals surface area (Å²) >= 11 is 0. The van der Waals surface area contributed by atoms with Gasteiger partial charge in [-0.3, -0.25) is 4.79 Å². The molecule has 0 bridgehead atoms. The average molecular weight is 329 g/mol. The molecule has 1 saturated heterocycles. The number of morpholine rings is 1. The van der Waals surface area contributed by atoms with Crippen molar-refractivity contribution in [1.82, 2.24) is 4.90 Å². The van der Waals surface area contributed by atoms with Crippen molar-refractivity contribution in [2.75, 3.05) is 26.9 Å². The first kappa shape index (κ1) is 16.6. The minimum atomic E-state index is 0.151. The number of amides is 1. The number of aryl methyl sites for hydroxylation is 1. The maximum absolute atomic E-state index is 12.3. The van der Waals surface area contributed by atoms with Gasteiger partial charge in [0.2, 0.25) is 5.91 Å². The first-order valence-electron chi connectivity index (χ1n) is 8.27. The topological polar surface area (TPSA) is 51.9 Å². The van der Waals surface area contributed by atoms with E-state index in [-0.39, 0.29) is 11.9 Å². The number of nitrogens with zero attached hydrogens (tertiary/aromatic N) is 1. The molecule has 1 aromatic heterocycles. The fourth-order valence-corrected chi connectivity index (χ4v) is 2.89. The quantitative estimate of drug-likeness (QED) is 0.846. The number of hydrogen-bond acceptors (Lipinski definition) is 4. The third-order valence-electron chi connectivity index (χ3n) is 4.31. The van der Waals surface area contributed by atoms with E-state index >= 15 is 0 Å². The molecule has 0 spiro atoms. The van der Waals surface area contributed by atoms with Gasteiger partial charge >= 0.3 is 0 Å². The summed E-state index contributed by atoms with van der Waals surface area (Å²) in [6.07, 6.45) is 1.07. The third kappa shape index (κ3) is 3.79. The molecule has 1 aliphatic heterocycles. The second-order valence-electron chi connectivity index (χ2n) is 6.01. The number of furan rings is 1. The van der Waals surface area contributed by atoms with Gasteiger partial charge in [-0.1, -0.05) is 0 Å². The molecular weight excluding hydrogens is 306 g/mol. The van der Waals surface area contributed by atoms with Gasteiger partial charge < -0.3 is 18.8 Å². The largest absolute Gasteiger partial charge is 0.497 e. The maximum Gasteiger partial charge on any atom is 0.223 e. The van der Waals surface area contributed by atoms with E-state index in [2.05, 4.69) is 0 Å². The van der Waals surface area contributed by atoms with Gasteiger partial charge in [0.25, 0.3) is 0 Å². The zero-order valence-corrected chi connectivity index (χ0v) is 14.2. The molecule has 1 fully saturated rings. The molecule has 1 amide bonds. The van der Waals surface area contributed by atoms with Gasteiger partial charge in [-0.25, -0.2) is 0 Å². The summed E-state index contributed by atoms with van der Waals surface area (Å²) in [5, 5.41) is 0. The van der Waals surface area contributed by atoms with Gasteiger partial charge in [0.1, 0.15) is 17.3 Å². The molecule has 2 aromatic rings. The molecule has 128 valence electrons. The van der Waals surface area contributed by atoms with Crippen molar-refractivity contribution in [2.45, 2.75) is 25.8 Å². The first-order chi connectivity index (χ1) is 11.7. The van der Waals surface area contributed by atoms with Crippen LogP contribution in [0.3, 0.4) is 0 Å². The van der Waals surface area contributed by atoms with Crippen molar-refractivity contribution in [1.29, 1.82) is 0 Å². The monoisotopic (exact) mass is 329 g/mol. The number of carbonyl (C=O) groups is 1. The Labute approximate surface area is 142 Å². The Kier molecular flexibility index (Phi) is 5.20. The van der Waals surface area contributed by atoms with E-state index in [0.717, 1.165) is 22.8 Å². The van der Waals surface area contributed by atoms with E-state index < -0.39 is 0 Å². The van der Waals surface area contributed by atoms with Gasteiger partial charge in [0.05, 0.1) is 26.4 Å². The van der Waals surface area contributed by atoms with Crippen LogP contribution < -0.4 is 4.74 Å². The van der Waals surface area contributed by atoms with E-state index in [0.29, 0.717) is 32.6 Å². The number of methoxy groups -OCH3 is 1. The van der Waals surface area contributed by atoms with Crippen LogP contribution in [0.15, 0.2) is 40.8 Å². The molecule has 1 aromatic carbocycles. The van der Waals surface area contributed by atoms with Crippen LogP contribution in [-0.4, -0.2) is 43.7 Å². The Bertz CT molecular complexity index is 677. The average Bonchev–Trinajstić information content (AvgIpc) is 3.09. The SMILES string of the molecule is COc1ccc(-c2ccc(CCC(=O)N3CCOC[C@@H]3C)o2)cc1. The third-order valence-corrected chi connectivity index (χ3v) is 4.31. The highest BCUT2D eigenvalue weighted by Crippen LogP contribution is 2.25. The predicted octanol–water partition coefficient (Wildman–Crippen LogP) is 3.14. The summed E-state index contributed by atoms with van der Waals surface area (Å²) in [4.78, 5) is 14.2. The van der Waals surface area contributed by atoms with Crippen molar-refractivity contribution >= 4 is 5.91 Å². The number of hydrogen-bond donors (Lipinski definition) is 0. The summed E-state index contributed by atoms with van der Waals surface area (Å²) < 4.78 is 16.4. The van der Waals surface area contributed by atoms with Gasteiger partial charge in [0, 0.05) is 24.9 Å². The fraction of sp³-hybridized carbons (Fsp3) is 0.421. The van der Waals surface area contributed by atoms with Gasteiger partial charge in [0.15, 0.2) is 0 Å². The summed E-state index contributed by atoms with van der Waals surface area (Å²) in [7, 11) is 1.65. The fourth-order valence-electron chi connectivity index (χ4n) is 2.89. The van der Waals surface area contributed by atoms with Crippen LogP contribution in [0.25, 0.3) is 11.3 Å². The van der Waals surface area contributed by atoms with Gasteiger partial charge in [-0.05, 0) is 43.3 Å². The zero-order chi connectivity index (χ0) is 16.9. The highest BCUT2D eigenvalue weighted by molar-refractivity contribution is 5.76. The minimum absolute atomic E-state index is 0.151. The van der Waals surface area contributed by atoms with Crippen molar-refractivity contribution < 1.29 is 18.7 Å². The second kappa shape index (κ2) is 7.53. The Balaban J connectivity index is 1.58. The van der Waals surface area contributed by atoms with Crippen molar-refractivity contribution in [3.8, 4) is 17.1 Å². The standard InChI is InChI=1S/C19H23NO4/c1-14-13-23-12-11-20(14)19(21)10-8-17-7-9-18(24-17)15-3-5-16(22-2)6-4-15/h3-7,9,14H,8,10-13H2,1-2H3/t14-/m0/s1. The van der Waals surface area contributed by atoms with Crippen molar-refractivity contribution in [3.05, 3.63) is 42.2 Å². The summed E-state index contributed by atoms with van der Waals surface area (Å²) in [5.74, 6) is 2.61. The van der Waals surface area contributed by atoms with Crippen LogP contribution in [0.2, 0.25) is 0 Å². The molecular formula is C19H23NO4. The molecule has 0 radical (unpaired) electrons. The van der Waals surface area contributed by atoms with Crippen LogP contribution in [0.1, 0.15) is 19.1 Å². The molecule has 3 rings (SSSR count). The Morgan fingerprint density at radius 2 is 2.04 bits per heavy atom. The zero-order valence-electron chi connectivity index (χ0n) is 14.2. The minimum Gasteiger partial charge on any atom is -0.497 e. The number of benzene rings is 1. The van der Waals surface area contributed by atoms with Crippen molar-refractivity contribution in [3.63, 3.8) is 0 Å². The van der Waals surface area contributed by atoms with Crippen LogP contribution in [0, 0.1) is 0 Å². The first-order valence-corrected chi connectivity index (χ1v) is 8.27. The molecule has 5 nitrogen and oxygen atoms in total. The highest BCUT2D eigenvalue weighted by atomic mass is 16.5. The lowest BCUT2D eigenvalue weighted by molar-refractivity contribution is -0.139. The summed E-state index contributed by atoms with van der Waals surface area (Å²) in [6.45, 7) is 3.94. The molecule has 0 saturated carbocycles. The second-order valence-corrected chi connectivity index (χ2v) is 6.01. The Morgan fingerprint density at radius 3 is 2.75 bits per heavy atom. The predicted molar refractivity (Wildman–Crippen MR) is 91.0 cm³/mol. The number of ether oxygens (including phenoxy) is 2. The lowest BCUT2D eigenvalue weighted by atomic mass is 10.1. The van der Waals surface area contributed by atoms with E-state index in [1.54, 1.807) is 7.11 Å². The van der Waals surface area contributed by atoms with Gasteiger partial charge in [-0.2, -0.15) is 0 Å². The van der Waals surface area contributed by atoms with E-state index in [1.807, 2.05) is 48.2 Å². The van der Waals surface area contributed by atoms with Crippen LogP contribution in [0.5, 0.6) is 5.75 Å². The number of carbonyl (C=O) groups excluding carboxylic acids is 1. The molecule has 0 N–H and O–H groups in total. The molecule has 0 aliphatic carbocycles. The van der Waals surface area contributed by atoms with Crippen molar-refractivity contribution in [2.24, 2.45) is 0 Å². The Morgan fingerprint density at radius 1 is 1.25 bits per heavy atom. The van der Waals surface area contributed by atoms with E-state index in [9.17, 15) is 4.79 Å². The molecule has 2 heterocycles. The van der Waals surface area contributed by atoms with Gasteiger partial charge in [-0.15, -0.1) is 0 Å². The van der Waals surface area contributed by atoms with E-state index in [1.165, 1.54) is 0 Å². The molecule has 24 heavy (non-hydrogen) atoms. The maximum atomic E-state index is 12.3. The molecule has 1 aliphatic rings. The molecule has 0 unspecified atom stereocenters. The summed E-state index contributed by atoms with van der Waals surface area (Å²) in [5.41, 5.74) is 0.996. The molecule has 5 heteroatoms. The molecule has 1 atom stereocenters. The lowest BCUT2D eigenvalue weighted by Gasteiger charge is -2.33. The lowest BCUT2D eigenvalue weighted by Crippen LogP contribution is -2.47. The van der Waals surface area contributed by atoms with E-state index in [4.69, 9.17) is 13.9 Å². The number of rotatable bonds is 5.